The summed E-state index contributed by atoms with van der Waals surface area (Å²) in [6.45, 7) is -2.42. The van der Waals surface area contributed by atoms with Gasteiger partial charge in [-0.2, -0.15) is 0 Å². The Labute approximate surface area is 77.8 Å². The largest absolute Gasteiger partial charge is 0.248 e. The number of rotatable bonds is 0. The second kappa shape index (κ2) is 2.80. The van der Waals surface area contributed by atoms with Crippen LogP contribution in [-0.2, 0) is 0 Å². The van der Waals surface area contributed by atoms with Crippen molar-refractivity contribution in [2.75, 3.05) is 0 Å². The van der Waals surface area contributed by atoms with Crippen LogP contribution in [0.15, 0.2) is 21.3 Å². The molecule has 0 aliphatic carbocycles. The van der Waals surface area contributed by atoms with Gasteiger partial charge in [-0.05, 0) is 50.3 Å². The Kier molecular flexibility index (Phi) is 0.935. The minimum Gasteiger partial charge on any atom is -0.248 e. The Balaban J connectivity index is 3.56. The van der Waals surface area contributed by atoms with Gasteiger partial charge in [0.05, 0.1) is 7.21 Å². The molecular weight excluding hydrogens is 246 g/mol. The van der Waals surface area contributed by atoms with Gasteiger partial charge in [-0.3, -0.25) is 0 Å². The number of aromatic nitrogens is 1. The molecule has 9 heavy (non-hydrogen) atoms. The maximum Gasteiger partial charge on any atom is 0.120 e. The van der Waals surface area contributed by atoms with Crippen molar-refractivity contribution < 1.29 is 6.85 Å². The van der Waals surface area contributed by atoms with Gasteiger partial charge in [-0.1, -0.05) is 0 Å². The van der Waals surface area contributed by atoms with Crippen molar-refractivity contribution in [1.82, 2.24) is 4.98 Å². The SMILES string of the molecule is [2H]c1nc(Br)c(Br)c(C([2H])([2H])[2H])c1[2H]. The number of hydrogen-bond acceptors (Lipinski definition) is 1. The summed E-state index contributed by atoms with van der Waals surface area (Å²) in [4.78, 5) is 3.65. The summed E-state index contributed by atoms with van der Waals surface area (Å²) in [6.07, 6.45) is -0.355. The van der Waals surface area contributed by atoms with Crippen LogP contribution in [0, 0.1) is 6.85 Å². The minimum atomic E-state index is -2.42. The van der Waals surface area contributed by atoms with Crippen LogP contribution < -0.4 is 0 Å². The molecule has 1 heterocycles. The third kappa shape index (κ3) is 1.52. The Morgan fingerprint density at radius 2 is 2.56 bits per heavy atom. The van der Waals surface area contributed by atoms with Crippen LogP contribution in [0.2, 0.25) is 0 Å². The van der Waals surface area contributed by atoms with Crippen LogP contribution in [0.5, 0.6) is 0 Å². The van der Waals surface area contributed by atoms with E-state index < -0.39 is 6.85 Å². The summed E-state index contributed by atoms with van der Waals surface area (Å²) in [5.74, 6) is 0. The monoisotopic (exact) mass is 254 g/mol. The maximum absolute atomic E-state index is 7.43. The predicted octanol–water partition coefficient (Wildman–Crippen LogP) is 2.92. The quantitative estimate of drug-likeness (QED) is 0.650. The molecule has 1 aromatic heterocycles. The smallest absolute Gasteiger partial charge is 0.120 e. The second-order valence-corrected chi connectivity index (χ2v) is 2.87. The lowest BCUT2D eigenvalue weighted by atomic mass is 10.3. The summed E-state index contributed by atoms with van der Waals surface area (Å²) in [5.41, 5.74) is -0.190. The molecular formula is C6H5Br2N. The van der Waals surface area contributed by atoms with Crippen molar-refractivity contribution in [2.45, 2.75) is 6.85 Å². The van der Waals surface area contributed by atoms with Gasteiger partial charge in [-0.25, -0.2) is 4.98 Å². The molecule has 0 spiro atoms. The molecule has 0 aromatic carbocycles. The van der Waals surface area contributed by atoms with Crippen molar-refractivity contribution in [2.24, 2.45) is 0 Å². The Bertz CT molecular complexity index is 349. The van der Waals surface area contributed by atoms with Gasteiger partial charge in [-0.15, -0.1) is 0 Å². The Hall–Kier alpha value is 0.110. The topological polar surface area (TPSA) is 12.9 Å². The highest BCUT2D eigenvalue weighted by Crippen LogP contribution is 2.22. The molecule has 1 nitrogen and oxygen atoms in total. The van der Waals surface area contributed by atoms with Gasteiger partial charge >= 0.3 is 0 Å². The van der Waals surface area contributed by atoms with Gasteiger partial charge in [0.2, 0.25) is 0 Å². The van der Waals surface area contributed by atoms with E-state index in [-0.39, 0.29) is 26.9 Å². The predicted molar refractivity (Wildman–Crippen MR) is 44.4 cm³/mol. The summed E-state index contributed by atoms with van der Waals surface area (Å²) in [6, 6.07) is -0.375. The fourth-order valence-corrected chi connectivity index (χ4v) is 0.815. The molecule has 0 atom stereocenters. The molecule has 0 saturated heterocycles. The van der Waals surface area contributed by atoms with Gasteiger partial charge in [0.1, 0.15) is 4.60 Å². The fourth-order valence-electron chi connectivity index (χ4n) is 0.340. The van der Waals surface area contributed by atoms with E-state index >= 15 is 0 Å². The molecule has 0 saturated carbocycles. The van der Waals surface area contributed by atoms with Crippen molar-refractivity contribution in [3.63, 3.8) is 0 Å². The van der Waals surface area contributed by atoms with E-state index in [2.05, 4.69) is 36.8 Å². The van der Waals surface area contributed by atoms with E-state index in [1.54, 1.807) is 0 Å². The molecule has 0 aliphatic heterocycles. The number of pyridine rings is 1. The van der Waals surface area contributed by atoms with Crippen LogP contribution in [-0.4, -0.2) is 4.98 Å². The van der Waals surface area contributed by atoms with E-state index in [1.165, 1.54) is 0 Å². The zero-order chi connectivity index (χ0) is 11.1. The van der Waals surface area contributed by atoms with Crippen molar-refractivity contribution in [3.8, 4) is 0 Å². The first kappa shape index (κ1) is 3.01. The van der Waals surface area contributed by atoms with Gasteiger partial charge in [0.15, 0.2) is 0 Å². The molecule has 3 heteroatoms. The van der Waals surface area contributed by atoms with Crippen molar-refractivity contribution >= 4 is 31.9 Å². The number of halogens is 2. The fraction of sp³-hybridized carbons (Fsp3) is 0.167. The van der Waals surface area contributed by atoms with Crippen molar-refractivity contribution in [1.29, 1.82) is 0 Å². The van der Waals surface area contributed by atoms with E-state index in [1.807, 2.05) is 0 Å². The van der Waals surface area contributed by atoms with E-state index in [9.17, 15) is 0 Å². The lowest BCUT2D eigenvalue weighted by Gasteiger charge is -1.96. The van der Waals surface area contributed by atoms with Crippen LogP contribution >= 0.6 is 31.9 Å². The number of nitrogens with zero attached hydrogens (tertiary/aromatic N) is 1. The lowest BCUT2D eigenvalue weighted by Crippen LogP contribution is -1.79. The highest BCUT2D eigenvalue weighted by molar-refractivity contribution is 9.13. The average Bonchev–Trinajstić information content (AvgIpc) is 1.98. The first-order valence-electron chi connectivity index (χ1n) is 4.58. The highest BCUT2D eigenvalue weighted by atomic mass is 79.9. The molecule has 0 amide bonds. The minimum absolute atomic E-state index is 0.190. The molecule has 0 unspecified atom stereocenters. The molecule has 1 rings (SSSR count). The third-order valence-electron chi connectivity index (χ3n) is 0.736. The van der Waals surface area contributed by atoms with Crippen LogP contribution in [0.4, 0.5) is 0 Å². The van der Waals surface area contributed by atoms with Crippen LogP contribution in [0.1, 0.15) is 12.4 Å². The molecule has 0 N–H and O–H groups in total. The van der Waals surface area contributed by atoms with Crippen LogP contribution in [0.25, 0.3) is 0 Å². The number of hydrogen-bond donors (Lipinski definition) is 0. The molecule has 0 radical (unpaired) electrons. The molecule has 1 aromatic rings. The zero-order valence-electron chi connectivity index (χ0n) is 9.20. The highest BCUT2D eigenvalue weighted by Gasteiger charge is 1.97. The van der Waals surface area contributed by atoms with Gasteiger partial charge < -0.3 is 0 Å². The summed E-state index contributed by atoms with van der Waals surface area (Å²) in [5, 5.41) is 0. The summed E-state index contributed by atoms with van der Waals surface area (Å²) >= 11 is 6.04. The first-order valence-corrected chi connectivity index (χ1v) is 3.66. The Morgan fingerprint density at radius 1 is 1.78 bits per heavy atom. The van der Waals surface area contributed by atoms with Crippen molar-refractivity contribution in [3.05, 3.63) is 26.9 Å². The average molecular weight is 256 g/mol. The maximum atomic E-state index is 7.43. The lowest BCUT2D eigenvalue weighted by molar-refractivity contribution is 1.21. The molecule has 48 valence electrons. The molecule has 0 aliphatic rings. The molecule has 0 fully saturated rings. The summed E-state index contributed by atoms with van der Waals surface area (Å²) < 4.78 is 36.7. The van der Waals surface area contributed by atoms with E-state index in [4.69, 9.17) is 6.85 Å². The second-order valence-electron chi connectivity index (χ2n) is 1.33. The van der Waals surface area contributed by atoms with Gasteiger partial charge in [0.25, 0.3) is 0 Å². The molecule has 0 bridgehead atoms. The zero-order valence-corrected chi connectivity index (χ0v) is 7.38. The first-order chi connectivity index (χ1) is 6.25. The normalized spacial score (nSPS) is 19.1. The third-order valence-corrected chi connectivity index (χ3v) is 2.61. The van der Waals surface area contributed by atoms with Crippen LogP contribution in [0.3, 0.4) is 0 Å². The van der Waals surface area contributed by atoms with E-state index in [0.29, 0.717) is 0 Å². The summed E-state index contributed by atoms with van der Waals surface area (Å²) in [7, 11) is 0. The standard InChI is InChI=1S/C6H5Br2N/c1-4-2-3-9-6(8)5(4)7/h2-3H,1H3/i1D3,2D,3D. The van der Waals surface area contributed by atoms with Gasteiger partial charge in [0, 0.05) is 10.3 Å². The van der Waals surface area contributed by atoms with E-state index in [0.717, 1.165) is 0 Å². The Morgan fingerprint density at radius 3 is 3.22 bits per heavy atom.